The molecule has 0 aliphatic rings. The summed E-state index contributed by atoms with van der Waals surface area (Å²) in [4.78, 5) is 27.6. The van der Waals surface area contributed by atoms with E-state index in [0.717, 1.165) is 0 Å². The molecule has 10 heteroatoms. The number of aliphatic carboxylic acids is 3. The molecular formula is C6H6Br3InO6. The minimum absolute atomic E-state index is 0. The standard InChI is InChI=1S/3C2H3BrO2.In/c3*3-1-2(4)5;/h3*1H2,(H,4,5);/q;;;+3/p-3. The van der Waals surface area contributed by atoms with Crippen LogP contribution in [0, 0.1) is 0 Å². The van der Waals surface area contributed by atoms with E-state index in [1.165, 1.54) is 0 Å². The second-order valence-electron chi connectivity index (χ2n) is 1.52. The molecular weight excluding hydrogens is 523 g/mol. The number of carboxylic acid groups (broad SMARTS) is 3. The zero-order valence-corrected chi connectivity index (χ0v) is 15.8. The SMILES string of the molecule is O=C([O-])CBr.O=C([O-])CBr.O=C([O-])CBr.[In+3]. The molecule has 0 radical (unpaired) electrons. The summed E-state index contributed by atoms with van der Waals surface area (Å²) in [7, 11) is 0. The molecule has 16 heavy (non-hydrogen) atoms. The van der Waals surface area contributed by atoms with Crippen molar-refractivity contribution in [2.45, 2.75) is 0 Å². The monoisotopic (exact) mass is 526 g/mol. The molecule has 0 fully saturated rings. The maximum Gasteiger partial charge on any atom is 3.00 e. The Hall–Kier alpha value is 0.720. The normalized spacial score (nSPS) is 6.94. The van der Waals surface area contributed by atoms with Crippen LogP contribution in [0.1, 0.15) is 0 Å². The Labute approximate surface area is 136 Å². The van der Waals surface area contributed by atoms with Crippen LogP contribution < -0.4 is 15.3 Å². The summed E-state index contributed by atoms with van der Waals surface area (Å²) in [5.41, 5.74) is 0. The molecule has 0 atom stereocenters. The Balaban J connectivity index is -0.0000000655. The zero-order valence-electron chi connectivity index (χ0n) is 7.78. The van der Waals surface area contributed by atoms with Crippen LogP contribution in [0.3, 0.4) is 0 Å². The predicted octanol–water partition coefficient (Wildman–Crippen LogP) is -2.99. The summed E-state index contributed by atoms with van der Waals surface area (Å²) in [6.45, 7) is 0. The Kier molecular flexibility index (Phi) is 33.6. The molecule has 90 valence electrons. The van der Waals surface area contributed by atoms with Crippen molar-refractivity contribution in [3.05, 3.63) is 0 Å². The van der Waals surface area contributed by atoms with Crippen molar-refractivity contribution in [1.29, 1.82) is 0 Å². The van der Waals surface area contributed by atoms with Crippen LogP contribution in [0.15, 0.2) is 0 Å². The van der Waals surface area contributed by atoms with Crippen molar-refractivity contribution in [3.63, 3.8) is 0 Å². The van der Waals surface area contributed by atoms with Crippen molar-refractivity contribution < 1.29 is 29.7 Å². The molecule has 0 spiro atoms. The molecule has 0 saturated carbocycles. The predicted molar refractivity (Wildman–Crippen MR) is 62.2 cm³/mol. The van der Waals surface area contributed by atoms with Gasteiger partial charge in [0.05, 0.1) is 17.9 Å². The quantitative estimate of drug-likeness (QED) is 0.361. The number of hydrogen-bond acceptors (Lipinski definition) is 6. The Morgan fingerprint density at radius 2 is 0.750 bits per heavy atom. The average Bonchev–Trinajstić information content (AvgIpc) is 2.19. The van der Waals surface area contributed by atoms with E-state index in [1.54, 1.807) is 0 Å². The van der Waals surface area contributed by atoms with Crippen LogP contribution in [-0.2, 0) is 14.4 Å². The zero-order chi connectivity index (χ0) is 12.9. The molecule has 6 nitrogen and oxygen atoms in total. The molecule has 0 aromatic carbocycles. The number of alkyl halides is 3. The third-order valence-electron chi connectivity index (χ3n) is 0.327. The third-order valence-corrected chi connectivity index (χ3v) is 1.70. The molecule has 0 aliphatic carbocycles. The van der Waals surface area contributed by atoms with Crippen LogP contribution in [0.5, 0.6) is 0 Å². The second-order valence-corrected chi connectivity index (χ2v) is 3.20. The van der Waals surface area contributed by atoms with E-state index in [1.807, 2.05) is 0 Å². The van der Waals surface area contributed by atoms with Crippen molar-refractivity contribution in [2.75, 3.05) is 16.0 Å². The number of carbonyl (C=O) groups is 3. The van der Waals surface area contributed by atoms with E-state index in [0.29, 0.717) is 0 Å². The minimum atomic E-state index is -1.08. The van der Waals surface area contributed by atoms with Gasteiger partial charge in [0.25, 0.3) is 0 Å². The van der Waals surface area contributed by atoms with Crippen LogP contribution in [0.2, 0.25) is 0 Å². The van der Waals surface area contributed by atoms with E-state index in [-0.39, 0.29) is 41.8 Å². The van der Waals surface area contributed by atoms with Crippen molar-refractivity contribution in [2.24, 2.45) is 0 Å². The van der Waals surface area contributed by atoms with Gasteiger partial charge < -0.3 is 29.7 Å². The molecule has 0 aliphatic heterocycles. The first-order valence-corrected chi connectivity index (χ1v) is 6.45. The first-order valence-electron chi connectivity index (χ1n) is 3.09. The summed E-state index contributed by atoms with van der Waals surface area (Å²) < 4.78 is 0. The van der Waals surface area contributed by atoms with Gasteiger partial charge in [0.15, 0.2) is 0 Å². The fourth-order valence-corrected chi connectivity index (χ4v) is 0. The fraction of sp³-hybridized carbons (Fsp3) is 0.500. The number of halogens is 3. The average molecular weight is 529 g/mol. The van der Waals surface area contributed by atoms with Gasteiger partial charge in [-0.05, 0) is 0 Å². The topological polar surface area (TPSA) is 120 Å². The fourth-order valence-electron chi connectivity index (χ4n) is 0. The summed E-state index contributed by atoms with van der Waals surface area (Å²) in [5.74, 6) is -3.24. The Morgan fingerprint density at radius 3 is 0.750 bits per heavy atom. The third kappa shape index (κ3) is 61.4. The van der Waals surface area contributed by atoms with Gasteiger partial charge >= 0.3 is 25.8 Å². The van der Waals surface area contributed by atoms with Crippen LogP contribution in [0.4, 0.5) is 0 Å². The molecule has 0 aromatic rings. The molecule has 0 rings (SSSR count). The first kappa shape index (κ1) is 25.5. The number of carbonyl (C=O) groups excluding carboxylic acids is 3. The summed E-state index contributed by atoms with van der Waals surface area (Å²) in [5, 5.41) is 27.4. The molecule has 0 saturated heterocycles. The number of carboxylic acids is 3. The van der Waals surface area contributed by atoms with E-state index < -0.39 is 17.9 Å². The molecule has 0 N–H and O–H groups in total. The van der Waals surface area contributed by atoms with Crippen LogP contribution in [-0.4, -0.2) is 59.7 Å². The first-order chi connectivity index (χ1) is 6.81. The van der Waals surface area contributed by atoms with Gasteiger partial charge in [-0.3, -0.25) is 0 Å². The number of rotatable bonds is 3. The summed E-state index contributed by atoms with van der Waals surface area (Å²) >= 11 is 7.95. The van der Waals surface area contributed by atoms with E-state index in [4.69, 9.17) is 0 Å². The Bertz CT molecular complexity index is 167. The molecule has 0 amide bonds. The molecule has 0 bridgehead atoms. The number of hydrogen-bond donors (Lipinski definition) is 0. The van der Waals surface area contributed by atoms with E-state index in [9.17, 15) is 29.7 Å². The van der Waals surface area contributed by atoms with E-state index >= 15 is 0 Å². The molecule has 0 heterocycles. The van der Waals surface area contributed by atoms with Gasteiger partial charge in [0, 0.05) is 16.0 Å². The Morgan fingerprint density at radius 1 is 0.688 bits per heavy atom. The molecule has 0 unspecified atom stereocenters. The second kappa shape index (κ2) is 21.1. The summed E-state index contributed by atoms with van der Waals surface area (Å²) in [6.07, 6.45) is 0. The minimum Gasteiger partial charge on any atom is -0.549 e. The van der Waals surface area contributed by atoms with Crippen molar-refractivity contribution in [3.8, 4) is 0 Å². The summed E-state index contributed by atoms with van der Waals surface area (Å²) in [6, 6.07) is 0. The largest absolute Gasteiger partial charge is 3.00 e. The van der Waals surface area contributed by atoms with Crippen molar-refractivity contribution in [1.82, 2.24) is 0 Å². The van der Waals surface area contributed by atoms with Gasteiger partial charge in [-0.15, -0.1) is 0 Å². The van der Waals surface area contributed by atoms with Gasteiger partial charge in [-0.2, -0.15) is 0 Å². The smallest absolute Gasteiger partial charge is 0.549 e. The van der Waals surface area contributed by atoms with Crippen molar-refractivity contribution >= 4 is 91.5 Å². The van der Waals surface area contributed by atoms with Gasteiger partial charge in [0.1, 0.15) is 0 Å². The van der Waals surface area contributed by atoms with Crippen LogP contribution >= 0.6 is 47.8 Å². The van der Waals surface area contributed by atoms with Crippen LogP contribution in [0.25, 0.3) is 0 Å². The molecule has 0 aromatic heterocycles. The maximum atomic E-state index is 9.21. The van der Waals surface area contributed by atoms with Gasteiger partial charge in [0.2, 0.25) is 0 Å². The van der Waals surface area contributed by atoms with Gasteiger partial charge in [-0.25, -0.2) is 0 Å². The van der Waals surface area contributed by atoms with E-state index in [2.05, 4.69) is 47.8 Å². The van der Waals surface area contributed by atoms with Gasteiger partial charge in [-0.1, -0.05) is 47.8 Å². The maximum absolute atomic E-state index is 9.21.